The van der Waals surface area contributed by atoms with Crippen LogP contribution in [0.2, 0.25) is 0 Å². The van der Waals surface area contributed by atoms with Gasteiger partial charge >= 0.3 is 0 Å². The van der Waals surface area contributed by atoms with Crippen molar-refractivity contribution in [1.29, 1.82) is 0 Å². The van der Waals surface area contributed by atoms with Crippen LogP contribution in [0.1, 0.15) is 18.1 Å². The number of nitrogens with one attached hydrogen (secondary N) is 1. The lowest BCUT2D eigenvalue weighted by Crippen LogP contribution is -2.45. The van der Waals surface area contributed by atoms with Crippen LogP contribution in [0.3, 0.4) is 0 Å². The molecular formula is C12H18N2O3S. The van der Waals surface area contributed by atoms with Gasteiger partial charge in [-0.15, -0.1) is 0 Å². The van der Waals surface area contributed by atoms with Gasteiger partial charge in [-0.2, -0.15) is 17.4 Å². The Hall–Kier alpha value is -0.950. The van der Waals surface area contributed by atoms with Crippen LogP contribution in [0.15, 0.2) is 24.3 Å². The lowest BCUT2D eigenvalue weighted by molar-refractivity contribution is 0.197. The van der Waals surface area contributed by atoms with E-state index in [-0.39, 0.29) is 6.54 Å². The predicted octanol–water partition coefficient (Wildman–Crippen LogP) is 0.260. The van der Waals surface area contributed by atoms with Crippen LogP contribution < -0.4 is 4.72 Å². The second-order valence-electron chi connectivity index (χ2n) is 4.55. The fourth-order valence-electron chi connectivity index (χ4n) is 1.99. The topological polar surface area (TPSA) is 69.6 Å². The van der Waals surface area contributed by atoms with Crippen molar-refractivity contribution in [2.75, 3.05) is 13.1 Å². The Morgan fingerprint density at radius 1 is 1.39 bits per heavy atom. The van der Waals surface area contributed by atoms with E-state index in [2.05, 4.69) is 4.72 Å². The van der Waals surface area contributed by atoms with Crippen molar-refractivity contribution in [3.8, 4) is 0 Å². The molecule has 0 fully saturated rings. The molecule has 0 unspecified atom stereocenters. The molecule has 0 radical (unpaired) electrons. The summed E-state index contributed by atoms with van der Waals surface area (Å²) in [5, 5.41) is 9.13. The average molecular weight is 270 g/mol. The molecule has 100 valence electrons. The van der Waals surface area contributed by atoms with Crippen LogP contribution in [0.25, 0.3) is 0 Å². The molecule has 0 amide bonds. The van der Waals surface area contributed by atoms with Gasteiger partial charge in [0.15, 0.2) is 0 Å². The molecule has 1 aliphatic rings. The number of hydrogen-bond acceptors (Lipinski definition) is 3. The zero-order valence-corrected chi connectivity index (χ0v) is 11.2. The molecule has 0 aromatic heterocycles. The van der Waals surface area contributed by atoms with Gasteiger partial charge in [0.2, 0.25) is 0 Å². The van der Waals surface area contributed by atoms with E-state index in [4.69, 9.17) is 5.11 Å². The van der Waals surface area contributed by atoms with Gasteiger partial charge < -0.3 is 5.11 Å². The highest BCUT2D eigenvalue weighted by Crippen LogP contribution is 2.20. The van der Waals surface area contributed by atoms with E-state index >= 15 is 0 Å². The zero-order chi connectivity index (χ0) is 13.2. The number of hydrogen-bond donors (Lipinski definition) is 2. The second kappa shape index (κ2) is 5.36. The first kappa shape index (κ1) is 13.5. The standard InChI is InChI=1S/C12H18N2O3S/c1-10(15)8-13-18(16,17)14-7-6-11-4-2-3-5-12(11)9-14/h2-5,10,13,15H,6-9H2,1H3/t10-/m0/s1. The lowest BCUT2D eigenvalue weighted by atomic mass is 10.0. The minimum Gasteiger partial charge on any atom is -0.392 e. The van der Waals surface area contributed by atoms with E-state index in [9.17, 15) is 8.42 Å². The van der Waals surface area contributed by atoms with E-state index < -0.39 is 16.3 Å². The SMILES string of the molecule is C[C@H](O)CNS(=O)(=O)N1CCc2ccccc2C1. The predicted molar refractivity (Wildman–Crippen MR) is 69.2 cm³/mol. The largest absolute Gasteiger partial charge is 0.392 e. The maximum atomic E-state index is 12.0. The number of rotatable bonds is 4. The van der Waals surface area contributed by atoms with Crippen molar-refractivity contribution >= 4 is 10.2 Å². The van der Waals surface area contributed by atoms with E-state index in [0.717, 1.165) is 12.0 Å². The third-order valence-corrected chi connectivity index (χ3v) is 4.52. The monoisotopic (exact) mass is 270 g/mol. The zero-order valence-electron chi connectivity index (χ0n) is 10.3. The van der Waals surface area contributed by atoms with Crippen LogP contribution in [0, 0.1) is 0 Å². The van der Waals surface area contributed by atoms with Gasteiger partial charge in [-0.1, -0.05) is 24.3 Å². The van der Waals surface area contributed by atoms with Gasteiger partial charge in [0.1, 0.15) is 0 Å². The average Bonchev–Trinajstić information content (AvgIpc) is 2.36. The number of fused-ring (bicyclic) bond motifs is 1. The third-order valence-electron chi connectivity index (χ3n) is 3.00. The highest BCUT2D eigenvalue weighted by Gasteiger charge is 2.26. The summed E-state index contributed by atoms with van der Waals surface area (Å²) in [4.78, 5) is 0. The quantitative estimate of drug-likeness (QED) is 0.824. The molecule has 6 heteroatoms. The van der Waals surface area contributed by atoms with Gasteiger partial charge in [-0.3, -0.25) is 0 Å². The molecule has 0 aliphatic carbocycles. The minimum atomic E-state index is -3.50. The summed E-state index contributed by atoms with van der Waals surface area (Å²) < 4.78 is 27.8. The first-order chi connectivity index (χ1) is 8.49. The second-order valence-corrected chi connectivity index (χ2v) is 6.31. The van der Waals surface area contributed by atoms with Crippen LogP contribution >= 0.6 is 0 Å². The van der Waals surface area contributed by atoms with E-state index in [0.29, 0.717) is 13.1 Å². The molecule has 2 rings (SSSR count). The Bertz CT molecular complexity index is 514. The Balaban J connectivity index is 2.08. The van der Waals surface area contributed by atoms with Gasteiger partial charge in [0.25, 0.3) is 10.2 Å². The summed E-state index contributed by atoms with van der Waals surface area (Å²) in [5.74, 6) is 0. The van der Waals surface area contributed by atoms with Crippen molar-refractivity contribution in [1.82, 2.24) is 9.03 Å². The maximum Gasteiger partial charge on any atom is 0.279 e. The van der Waals surface area contributed by atoms with E-state index in [1.54, 1.807) is 6.92 Å². The summed E-state index contributed by atoms with van der Waals surface area (Å²) in [6.45, 7) is 2.46. The molecule has 2 N–H and O–H groups in total. The molecule has 0 saturated heterocycles. The Morgan fingerprint density at radius 2 is 2.06 bits per heavy atom. The highest BCUT2D eigenvalue weighted by atomic mass is 32.2. The summed E-state index contributed by atoms with van der Waals surface area (Å²) >= 11 is 0. The van der Waals surface area contributed by atoms with Crippen molar-refractivity contribution in [2.45, 2.75) is 26.0 Å². The molecule has 1 aliphatic heterocycles. The van der Waals surface area contributed by atoms with Crippen molar-refractivity contribution in [3.05, 3.63) is 35.4 Å². The van der Waals surface area contributed by atoms with Crippen molar-refractivity contribution < 1.29 is 13.5 Å². The fraction of sp³-hybridized carbons (Fsp3) is 0.500. The molecule has 0 spiro atoms. The van der Waals surface area contributed by atoms with Crippen LogP contribution in [0.5, 0.6) is 0 Å². The van der Waals surface area contributed by atoms with E-state index in [1.165, 1.54) is 9.87 Å². The Kier molecular flexibility index (Phi) is 4.01. The van der Waals surface area contributed by atoms with Crippen LogP contribution in [-0.2, 0) is 23.2 Å². The maximum absolute atomic E-state index is 12.0. The number of benzene rings is 1. The molecule has 1 heterocycles. The summed E-state index contributed by atoms with van der Waals surface area (Å²) in [6, 6.07) is 7.86. The number of aliphatic hydroxyl groups is 1. The van der Waals surface area contributed by atoms with Gasteiger partial charge in [-0.05, 0) is 24.5 Å². The Morgan fingerprint density at radius 3 is 2.72 bits per heavy atom. The summed E-state index contributed by atoms with van der Waals surface area (Å²) in [5.41, 5.74) is 2.26. The van der Waals surface area contributed by atoms with Gasteiger partial charge in [0, 0.05) is 19.6 Å². The minimum absolute atomic E-state index is 0.0421. The lowest BCUT2D eigenvalue weighted by Gasteiger charge is -2.28. The highest BCUT2D eigenvalue weighted by molar-refractivity contribution is 7.87. The van der Waals surface area contributed by atoms with Crippen LogP contribution in [0.4, 0.5) is 0 Å². The number of aliphatic hydroxyl groups excluding tert-OH is 1. The number of nitrogens with zero attached hydrogens (tertiary/aromatic N) is 1. The normalized spacial score (nSPS) is 18.3. The molecule has 0 bridgehead atoms. The van der Waals surface area contributed by atoms with Gasteiger partial charge in [0.05, 0.1) is 6.10 Å². The van der Waals surface area contributed by atoms with Crippen LogP contribution in [-0.4, -0.2) is 37.0 Å². The first-order valence-corrected chi connectivity index (χ1v) is 7.42. The molecular weight excluding hydrogens is 252 g/mol. The molecule has 1 aromatic rings. The molecule has 1 aromatic carbocycles. The third kappa shape index (κ3) is 3.08. The smallest absolute Gasteiger partial charge is 0.279 e. The molecule has 0 saturated carbocycles. The first-order valence-electron chi connectivity index (χ1n) is 5.98. The van der Waals surface area contributed by atoms with Gasteiger partial charge in [-0.25, -0.2) is 0 Å². The van der Waals surface area contributed by atoms with Crippen molar-refractivity contribution in [3.63, 3.8) is 0 Å². The molecule has 1 atom stereocenters. The Labute approximate surface area is 108 Å². The van der Waals surface area contributed by atoms with E-state index in [1.807, 2.05) is 24.3 Å². The van der Waals surface area contributed by atoms with Crippen molar-refractivity contribution in [2.24, 2.45) is 0 Å². The summed E-state index contributed by atoms with van der Waals surface area (Å²) in [6.07, 6.45) is 0.0445. The molecule has 18 heavy (non-hydrogen) atoms. The fourth-order valence-corrected chi connectivity index (χ4v) is 3.27. The summed E-state index contributed by atoms with van der Waals surface area (Å²) in [7, 11) is -3.50. The molecule has 5 nitrogen and oxygen atoms in total.